The van der Waals surface area contributed by atoms with Crippen molar-refractivity contribution in [3.8, 4) is 5.69 Å². The van der Waals surface area contributed by atoms with Gasteiger partial charge in [0.2, 0.25) is 0 Å². The first-order chi connectivity index (χ1) is 11.9. The van der Waals surface area contributed by atoms with E-state index in [1.54, 1.807) is 28.6 Å². The number of aromatic nitrogens is 2. The van der Waals surface area contributed by atoms with E-state index in [0.717, 1.165) is 5.69 Å². The van der Waals surface area contributed by atoms with Gasteiger partial charge in [-0.1, -0.05) is 23.7 Å². The highest BCUT2D eigenvalue weighted by Crippen LogP contribution is 2.26. The van der Waals surface area contributed by atoms with Crippen LogP contribution < -0.4 is 0 Å². The van der Waals surface area contributed by atoms with Gasteiger partial charge in [0.15, 0.2) is 5.69 Å². The molecule has 2 heterocycles. The number of carbonyl (C=O) groups excluding carboxylic acids is 1. The van der Waals surface area contributed by atoms with Crippen molar-refractivity contribution in [1.82, 2.24) is 14.7 Å². The number of benzene rings is 1. The summed E-state index contributed by atoms with van der Waals surface area (Å²) in [6, 6.07) is 8.64. The normalized spacial score (nSPS) is 20.5. The van der Waals surface area contributed by atoms with Crippen LogP contribution in [0.3, 0.4) is 0 Å². The summed E-state index contributed by atoms with van der Waals surface area (Å²) in [5.41, 5.74) is 1.79. The second kappa shape index (κ2) is 6.88. The van der Waals surface area contributed by atoms with E-state index < -0.39 is 11.9 Å². The van der Waals surface area contributed by atoms with Crippen molar-refractivity contribution < 1.29 is 14.7 Å². The minimum absolute atomic E-state index is 0.243. The Morgan fingerprint density at radius 2 is 2.04 bits per heavy atom. The molecule has 2 aromatic rings. The van der Waals surface area contributed by atoms with E-state index in [4.69, 9.17) is 11.6 Å². The topological polar surface area (TPSA) is 75.4 Å². The van der Waals surface area contributed by atoms with Gasteiger partial charge in [-0.3, -0.25) is 9.59 Å². The summed E-state index contributed by atoms with van der Waals surface area (Å²) < 4.78 is 1.64. The molecule has 6 nitrogen and oxygen atoms in total. The molecule has 0 spiro atoms. The summed E-state index contributed by atoms with van der Waals surface area (Å²) >= 11 is 6.22. The van der Waals surface area contributed by atoms with Gasteiger partial charge < -0.3 is 10.0 Å². The third kappa shape index (κ3) is 3.26. The molecule has 1 aromatic heterocycles. The van der Waals surface area contributed by atoms with Crippen molar-refractivity contribution in [3.05, 3.63) is 46.7 Å². The first-order valence-electron chi connectivity index (χ1n) is 8.25. The molecule has 1 aromatic carbocycles. The molecule has 7 heteroatoms. The molecule has 1 N–H and O–H groups in total. The second-order valence-corrected chi connectivity index (χ2v) is 6.77. The average molecular weight is 362 g/mol. The van der Waals surface area contributed by atoms with Crippen LogP contribution >= 0.6 is 11.6 Å². The van der Waals surface area contributed by atoms with Gasteiger partial charge in [0, 0.05) is 18.3 Å². The summed E-state index contributed by atoms with van der Waals surface area (Å²) in [6.45, 7) is 4.18. The number of rotatable bonds is 3. The zero-order chi connectivity index (χ0) is 18.1. The predicted octanol–water partition coefficient (Wildman–Crippen LogP) is 3.16. The molecule has 25 heavy (non-hydrogen) atoms. The minimum Gasteiger partial charge on any atom is -0.481 e. The number of carboxylic acids is 1. The fourth-order valence-electron chi connectivity index (χ4n) is 3.35. The van der Waals surface area contributed by atoms with Crippen LogP contribution in [0.2, 0.25) is 5.02 Å². The van der Waals surface area contributed by atoms with Crippen molar-refractivity contribution in [3.63, 3.8) is 0 Å². The summed E-state index contributed by atoms with van der Waals surface area (Å²) in [5.74, 6) is -1.64. The Kier molecular flexibility index (Phi) is 4.81. The number of hydrogen-bond acceptors (Lipinski definition) is 3. The van der Waals surface area contributed by atoms with E-state index in [1.807, 2.05) is 25.1 Å². The van der Waals surface area contributed by atoms with E-state index in [2.05, 4.69) is 5.10 Å². The SMILES string of the molecule is Cc1cc(C(=O)N2CCC[C@@H](C(=O)O)[C@H]2C)nn1-c1ccccc1Cl. The van der Waals surface area contributed by atoms with Gasteiger partial charge in [-0.25, -0.2) is 4.68 Å². The van der Waals surface area contributed by atoms with Gasteiger partial charge in [0.05, 0.1) is 16.6 Å². The lowest BCUT2D eigenvalue weighted by Crippen LogP contribution is -2.49. The van der Waals surface area contributed by atoms with Crippen molar-refractivity contribution in [1.29, 1.82) is 0 Å². The lowest BCUT2D eigenvalue weighted by atomic mass is 9.90. The molecular weight excluding hydrogens is 342 g/mol. The van der Waals surface area contributed by atoms with Crippen molar-refractivity contribution in [2.45, 2.75) is 32.7 Å². The molecule has 1 fully saturated rings. The molecule has 3 rings (SSSR count). The van der Waals surface area contributed by atoms with Gasteiger partial charge in [0.25, 0.3) is 5.91 Å². The van der Waals surface area contributed by atoms with E-state index in [-0.39, 0.29) is 11.9 Å². The van der Waals surface area contributed by atoms with Crippen molar-refractivity contribution in [2.24, 2.45) is 5.92 Å². The smallest absolute Gasteiger partial charge is 0.308 e. The zero-order valence-electron chi connectivity index (χ0n) is 14.1. The lowest BCUT2D eigenvalue weighted by molar-refractivity contribution is -0.144. The second-order valence-electron chi connectivity index (χ2n) is 6.36. The Morgan fingerprint density at radius 1 is 1.32 bits per heavy atom. The van der Waals surface area contributed by atoms with E-state index >= 15 is 0 Å². The molecule has 1 aliphatic rings. The molecule has 0 saturated carbocycles. The number of hydrogen-bond donors (Lipinski definition) is 1. The molecule has 2 atom stereocenters. The molecule has 1 amide bonds. The Labute approximate surface area is 151 Å². The first kappa shape index (κ1) is 17.5. The van der Waals surface area contributed by atoms with Gasteiger partial charge in [-0.05, 0) is 44.9 Å². The maximum absolute atomic E-state index is 12.9. The molecule has 0 radical (unpaired) electrons. The lowest BCUT2D eigenvalue weighted by Gasteiger charge is -2.37. The fourth-order valence-corrected chi connectivity index (χ4v) is 3.57. The van der Waals surface area contributed by atoms with Crippen LogP contribution in [-0.4, -0.2) is 44.3 Å². The monoisotopic (exact) mass is 361 g/mol. The van der Waals surface area contributed by atoms with Crippen molar-refractivity contribution in [2.75, 3.05) is 6.54 Å². The highest BCUT2D eigenvalue weighted by molar-refractivity contribution is 6.32. The van der Waals surface area contributed by atoms with Crippen LogP contribution in [0, 0.1) is 12.8 Å². The Balaban J connectivity index is 1.90. The third-order valence-corrected chi connectivity index (χ3v) is 5.07. The molecule has 132 valence electrons. The Morgan fingerprint density at radius 3 is 2.72 bits per heavy atom. The highest BCUT2D eigenvalue weighted by Gasteiger charge is 2.36. The molecule has 0 unspecified atom stereocenters. The number of carboxylic acid groups (broad SMARTS) is 1. The number of aryl methyl sites for hydroxylation is 1. The molecule has 1 aliphatic heterocycles. The Bertz CT molecular complexity index is 818. The Hall–Kier alpha value is -2.34. The number of carbonyl (C=O) groups is 2. The summed E-state index contributed by atoms with van der Waals surface area (Å²) in [5, 5.41) is 14.3. The quantitative estimate of drug-likeness (QED) is 0.911. The van der Waals surface area contributed by atoms with Gasteiger partial charge in [-0.2, -0.15) is 5.10 Å². The average Bonchev–Trinajstić information content (AvgIpc) is 2.96. The highest BCUT2D eigenvalue weighted by atomic mass is 35.5. The van der Waals surface area contributed by atoms with Crippen molar-refractivity contribution >= 4 is 23.5 Å². The van der Waals surface area contributed by atoms with Crippen LogP contribution in [0.4, 0.5) is 0 Å². The molecular formula is C18H20ClN3O3. The fraction of sp³-hybridized carbons (Fsp3) is 0.389. The molecule has 1 saturated heterocycles. The third-order valence-electron chi connectivity index (χ3n) is 4.75. The van der Waals surface area contributed by atoms with E-state index in [9.17, 15) is 14.7 Å². The van der Waals surface area contributed by atoms with Crippen LogP contribution in [0.5, 0.6) is 0 Å². The van der Waals surface area contributed by atoms with E-state index in [0.29, 0.717) is 35.8 Å². The number of amides is 1. The summed E-state index contributed by atoms with van der Waals surface area (Å²) in [6.07, 6.45) is 1.27. The van der Waals surface area contributed by atoms with Crippen LogP contribution in [-0.2, 0) is 4.79 Å². The zero-order valence-corrected chi connectivity index (χ0v) is 14.9. The molecule has 0 bridgehead atoms. The van der Waals surface area contributed by atoms with Gasteiger partial charge in [0.1, 0.15) is 0 Å². The van der Waals surface area contributed by atoms with Crippen LogP contribution in [0.15, 0.2) is 30.3 Å². The summed E-state index contributed by atoms with van der Waals surface area (Å²) in [4.78, 5) is 25.9. The number of piperidine rings is 1. The number of likely N-dealkylation sites (tertiary alicyclic amines) is 1. The number of aliphatic carboxylic acids is 1. The standard InChI is InChI=1S/C18H20ClN3O3/c1-11-10-15(20-22(11)16-8-4-3-7-14(16)19)17(23)21-9-5-6-13(12(21)2)18(24)25/h3-4,7-8,10,12-13H,5-6,9H2,1-2H3,(H,24,25)/t12-,13-/m1/s1. The number of para-hydroxylation sites is 1. The maximum atomic E-state index is 12.9. The first-order valence-corrected chi connectivity index (χ1v) is 8.63. The van der Waals surface area contributed by atoms with E-state index in [1.165, 1.54) is 0 Å². The number of nitrogens with zero attached hydrogens (tertiary/aromatic N) is 3. The minimum atomic E-state index is -0.859. The predicted molar refractivity (Wildman–Crippen MR) is 94.2 cm³/mol. The summed E-state index contributed by atoms with van der Waals surface area (Å²) in [7, 11) is 0. The van der Waals surface area contributed by atoms with Gasteiger partial charge in [-0.15, -0.1) is 0 Å². The largest absolute Gasteiger partial charge is 0.481 e. The van der Waals surface area contributed by atoms with Crippen LogP contribution in [0.25, 0.3) is 5.69 Å². The van der Waals surface area contributed by atoms with Gasteiger partial charge >= 0.3 is 5.97 Å². The van der Waals surface area contributed by atoms with Crippen LogP contribution in [0.1, 0.15) is 35.9 Å². The maximum Gasteiger partial charge on any atom is 0.308 e. The molecule has 0 aliphatic carbocycles. The number of halogens is 1.